The summed E-state index contributed by atoms with van der Waals surface area (Å²) in [5.41, 5.74) is 3.40. The number of amides is 2. The van der Waals surface area contributed by atoms with Crippen LogP contribution >= 0.6 is 0 Å². The molecule has 0 saturated carbocycles. The first-order valence-electron chi connectivity index (χ1n) is 12.8. The number of carbonyl (C=O) groups is 2. The van der Waals surface area contributed by atoms with Crippen LogP contribution in [0.5, 0.6) is 5.75 Å². The lowest BCUT2D eigenvalue weighted by Gasteiger charge is -2.22. The van der Waals surface area contributed by atoms with Crippen molar-refractivity contribution < 1.29 is 14.3 Å². The third-order valence-corrected chi connectivity index (χ3v) is 6.43. The zero-order chi connectivity index (χ0) is 26.0. The number of aromatic nitrogens is 2. The number of likely N-dealkylation sites (N-methyl/N-ethyl adjacent to an activating group) is 1. The summed E-state index contributed by atoms with van der Waals surface area (Å²) >= 11 is 0. The number of hydrogen-bond acceptors (Lipinski definition) is 4. The van der Waals surface area contributed by atoms with Crippen molar-refractivity contribution in [3.63, 3.8) is 0 Å². The molecule has 0 atom stereocenters. The van der Waals surface area contributed by atoms with Gasteiger partial charge < -0.3 is 19.5 Å². The first-order valence-corrected chi connectivity index (χ1v) is 12.8. The number of unbranched alkanes of at least 4 members (excludes halogenated alkanes) is 2. The highest BCUT2D eigenvalue weighted by molar-refractivity contribution is 5.94. The molecule has 0 bridgehead atoms. The first-order chi connectivity index (χ1) is 18.1. The van der Waals surface area contributed by atoms with Gasteiger partial charge in [-0.3, -0.25) is 9.59 Å². The summed E-state index contributed by atoms with van der Waals surface area (Å²) in [4.78, 5) is 32.3. The molecule has 37 heavy (non-hydrogen) atoms. The Morgan fingerprint density at radius 3 is 2.38 bits per heavy atom. The molecule has 4 rings (SSSR count). The van der Waals surface area contributed by atoms with Crippen LogP contribution in [0.4, 0.5) is 5.69 Å². The van der Waals surface area contributed by atoms with E-state index in [0.29, 0.717) is 18.7 Å². The van der Waals surface area contributed by atoms with Crippen LogP contribution in [0.2, 0.25) is 0 Å². The van der Waals surface area contributed by atoms with Crippen LogP contribution in [0, 0.1) is 0 Å². The normalized spacial score (nSPS) is 10.9. The number of nitrogens with zero attached hydrogens (tertiary/aromatic N) is 3. The van der Waals surface area contributed by atoms with Crippen LogP contribution < -0.4 is 15.0 Å². The van der Waals surface area contributed by atoms with Gasteiger partial charge in [0.1, 0.15) is 18.1 Å². The van der Waals surface area contributed by atoms with Crippen LogP contribution in [0.25, 0.3) is 11.0 Å². The van der Waals surface area contributed by atoms with Crippen molar-refractivity contribution >= 4 is 28.5 Å². The summed E-state index contributed by atoms with van der Waals surface area (Å²) in [7, 11) is 1.60. The maximum absolute atomic E-state index is 13.3. The molecule has 2 amide bonds. The Balaban J connectivity index is 1.33. The third-order valence-electron chi connectivity index (χ3n) is 6.43. The Hall–Kier alpha value is -4.13. The van der Waals surface area contributed by atoms with Gasteiger partial charge in [0.15, 0.2) is 0 Å². The first kappa shape index (κ1) is 25.9. The van der Waals surface area contributed by atoms with Gasteiger partial charge in [0.2, 0.25) is 5.91 Å². The average Bonchev–Trinajstić information content (AvgIpc) is 3.28. The van der Waals surface area contributed by atoms with Crippen molar-refractivity contribution in [2.24, 2.45) is 0 Å². The maximum atomic E-state index is 13.3. The number of nitrogens with one attached hydrogen (secondary N) is 1. The Bertz CT molecular complexity index is 1320. The highest BCUT2D eigenvalue weighted by atomic mass is 16.5. The lowest BCUT2D eigenvalue weighted by molar-refractivity contribution is -0.119. The number of benzene rings is 3. The number of imidazole rings is 1. The minimum atomic E-state index is -0.0816. The Kier molecular flexibility index (Phi) is 8.92. The Labute approximate surface area is 218 Å². The summed E-state index contributed by atoms with van der Waals surface area (Å²) in [5, 5.41) is 2.98. The smallest absolute Gasteiger partial charge is 0.251 e. The van der Waals surface area contributed by atoms with E-state index in [9.17, 15) is 9.59 Å². The zero-order valence-electron chi connectivity index (χ0n) is 21.5. The second kappa shape index (κ2) is 12.7. The number of carbonyl (C=O) groups excluding carboxylic acids is 2. The lowest BCUT2D eigenvalue weighted by Crippen LogP contribution is -2.34. The molecule has 0 aliphatic rings. The quantitative estimate of drug-likeness (QED) is 0.271. The molecule has 1 N–H and O–H groups in total. The number of hydrogen-bond donors (Lipinski definition) is 1. The molecule has 7 nitrogen and oxygen atoms in total. The van der Waals surface area contributed by atoms with E-state index >= 15 is 0 Å². The molecule has 0 fully saturated rings. The molecule has 0 spiro atoms. The predicted molar refractivity (Wildman–Crippen MR) is 147 cm³/mol. The number of rotatable bonds is 12. The van der Waals surface area contributed by atoms with E-state index in [-0.39, 0.29) is 18.4 Å². The van der Waals surface area contributed by atoms with Crippen molar-refractivity contribution in [1.29, 1.82) is 0 Å². The third kappa shape index (κ3) is 6.55. The van der Waals surface area contributed by atoms with Crippen LogP contribution in [0.15, 0.2) is 78.9 Å². The fourth-order valence-electron chi connectivity index (χ4n) is 4.46. The highest BCUT2D eigenvalue weighted by Crippen LogP contribution is 2.20. The summed E-state index contributed by atoms with van der Waals surface area (Å²) in [6.45, 7) is 3.46. The monoisotopic (exact) mass is 498 g/mol. The van der Waals surface area contributed by atoms with Crippen molar-refractivity contribution in [1.82, 2.24) is 14.9 Å². The molecule has 4 aromatic rings. The predicted octanol–water partition coefficient (Wildman–Crippen LogP) is 5.24. The second-order valence-electron chi connectivity index (χ2n) is 8.87. The topological polar surface area (TPSA) is 76.5 Å². The van der Waals surface area contributed by atoms with Gasteiger partial charge in [0.05, 0.1) is 18.1 Å². The lowest BCUT2D eigenvalue weighted by atomic mass is 10.1. The summed E-state index contributed by atoms with van der Waals surface area (Å²) in [5.74, 6) is 1.61. The Morgan fingerprint density at radius 2 is 1.65 bits per heavy atom. The summed E-state index contributed by atoms with van der Waals surface area (Å²) in [6, 6.07) is 24.8. The van der Waals surface area contributed by atoms with Crippen LogP contribution in [0.3, 0.4) is 0 Å². The number of anilines is 1. The minimum absolute atomic E-state index is 0.0411. The largest absolute Gasteiger partial charge is 0.497 e. The standard InChI is InChI=1S/C30H34N4O3/c1-3-33(24-12-6-4-7-13-24)29(35)22-34-27-15-10-9-14-26(27)32-28(34)16-8-5-11-21-31-30(36)23-17-19-25(37-2)20-18-23/h4,6-7,9-10,12-15,17-20H,3,5,8,11,16,21-22H2,1-2H3,(H,31,36). The van der Waals surface area contributed by atoms with Gasteiger partial charge in [-0.2, -0.15) is 0 Å². The summed E-state index contributed by atoms with van der Waals surface area (Å²) in [6.07, 6.45) is 3.52. The number of aryl methyl sites for hydroxylation is 1. The fraction of sp³-hybridized carbons (Fsp3) is 0.300. The van der Waals surface area contributed by atoms with E-state index in [1.807, 2.05) is 66.4 Å². The molecule has 1 aromatic heterocycles. The molecule has 0 radical (unpaired) electrons. The van der Waals surface area contributed by atoms with Crippen LogP contribution in [-0.2, 0) is 17.8 Å². The maximum Gasteiger partial charge on any atom is 0.251 e. The number of fused-ring (bicyclic) bond motifs is 1. The molecule has 1 heterocycles. The molecule has 3 aromatic carbocycles. The van der Waals surface area contributed by atoms with E-state index in [1.54, 1.807) is 31.4 Å². The Morgan fingerprint density at radius 1 is 0.919 bits per heavy atom. The molecule has 0 unspecified atom stereocenters. The van der Waals surface area contributed by atoms with E-state index in [2.05, 4.69) is 9.88 Å². The van der Waals surface area contributed by atoms with Crippen molar-refractivity contribution in [2.45, 2.75) is 39.2 Å². The van der Waals surface area contributed by atoms with E-state index in [4.69, 9.17) is 9.72 Å². The van der Waals surface area contributed by atoms with Gasteiger partial charge in [0.25, 0.3) is 5.91 Å². The molecule has 0 aliphatic carbocycles. The van der Waals surface area contributed by atoms with Crippen molar-refractivity contribution in [3.8, 4) is 5.75 Å². The molecular weight excluding hydrogens is 464 g/mol. The van der Waals surface area contributed by atoms with Crippen molar-refractivity contribution in [3.05, 3.63) is 90.3 Å². The minimum Gasteiger partial charge on any atom is -0.497 e. The average molecular weight is 499 g/mol. The number of methoxy groups -OCH3 is 1. The second-order valence-corrected chi connectivity index (χ2v) is 8.87. The van der Waals surface area contributed by atoms with Gasteiger partial charge >= 0.3 is 0 Å². The summed E-state index contributed by atoms with van der Waals surface area (Å²) < 4.78 is 7.19. The van der Waals surface area contributed by atoms with E-state index in [1.165, 1.54) is 0 Å². The zero-order valence-corrected chi connectivity index (χ0v) is 21.5. The molecule has 192 valence electrons. The SMILES string of the molecule is CCN(C(=O)Cn1c(CCCCCNC(=O)c2ccc(OC)cc2)nc2ccccc21)c1ccccc1. The van der Waals surface area contributed by atoms with Gasteiger partial charge in [-0.25, -0.2) is 4.98 Å². The van der Waals surface area contributed by atoms with Crippen LogP contribution in [-0.4, -0.2) is 41.6 Å². The molecule has 0 saturated heterocycles. The van der Waals surface area contributed by atoms with Gasteiger partial charge in [-0.1, -0.05) is 36.8 Å². The molecule has 0 aliphatic heterocycles. The van der Waals surface area contributed by atoms with Gasteiger partial charge in [0, 0.05) is 30.8 Å². The van der Waals surface area contributed by atoms with Gasteiger partial charge in [-0.15, -0.1) is 0 Å². The fourth-order valence-corrected chi connectivity index (χ4v) is 4.46. The molecular formula is C30H34N4O3. The molecule has 7 heteroatoms. The van der Waals surface area contributed by atoms with Crippen LogP contribution in [0.1, 0.15) is 42.4 Å². The van der Waals surface area contributed by atoms with E-state index in [0.717, 1.165) is 54.0 Å². The van der Waals surface area contributed by atoms with E-state index < -0.39 is 0 Å². The number of ether oxygens (including phenoxy) is 1. The van der Waals surface area contributed by atoms with Gasteiger partial charge in [-0.05, 0) is 68.3 Å². The van der Waals surface area contributed by atoms with Crippen molar-refractivity contribution in [2.75, 3.05) is 25.1 Å². The highest BCUT2D eigenvalue weighted by Gasteiger charge is 2.18. The number of para-hydroxylation sites is 3.